The summed E-state index contributed by atoms with van der Waals surface area (Å²) in [5.74, 6) is -1.07. The zero-order chi connectivity index (χ0) is 12.9. The van der Waals surface area contributed by atoms with Gasteiger partial charge in [0.2, 0.25) is 0 Å². The zero-order valence-corrected chi connectivity index (χ0v) is 9.98. The Morgan fingerprint density at radius 3 is 2.61 bits per heavy atom. The first-order valence-electron chi connectivity index (χ1n) is 5.97. The number of nitrogens with zero attached hydrogens (tertiary/aromatic N) is 4. The van der Waals surface area contributed by atoms with E-state index in [9.17, 15) is 9.59 Å². The summed E-state index contributed by atoms with van der Waals surface area (Å²) < 4.78 is 1.55. The first-order chi connectivity index (χ1) is 8.56. The number of carbonyl (C=O) groups is 2. The molecule has 1 aromatic rings. The van der Waals surface area contributed by atoms with Crippen LogP contribution in [0.15, 0.2) is 12.7 Å². The highest BCUT2D eigenvalue weighted by Gasteiger charge is 2.59. The summed E-state index contributed by atoms with van der Waals surface area (Å²) in [4.78, 5) is 28.9. The number of likely N-dealkylation sites (tertiary alicyclic amines) is 1. The van der Waals surface area contributed by atoms with Gasteiger partial charge in [-0.1, -0.05) is 0 Å². The quantitative estimate of drug-likeness (QED) is 0.805. The van der Waals surface area contributed by atoms with Crippen molar-refractivity contribution < 1.29 is 14.7 Å². The number of amides is 1. The number of hydrogen-bond acceptors (Lipinski definition) is 4. The van der Waals surface area contributed by atoms with Crippen LogP contribution in [0.2, 0.25) is 0 Å². The summed E-state index contributed by atoms with van der Waals surface area (Å²) in [5, 5.41) is 13.1. The number of rotatable bonds is 3. The average molecular weight is 250 g/mol. The summed E-state index contributed by atoms with van der Waals surface area (Å²) in [6, 6.07) is -0.701. The van der Waals surface area contributed by atoms with E-state index in [4.69, 9.17) is 5.11 Å². The molecule has 1 amide bonds. The summed E-state index contributed by atoms with van der Waals surface area (Å²) in [7, 11) is 0. The van der Waals surface area contributed by atoms with E-state index in [1.165, 1.54) is 17.6 Å². The Hall–Kier alpha value is -1.92. The molecule has 18 heavy (non-hydrogen) atoms. The minimum Gasteiger partial charge on any atom is -0.480 e. The third-order valence-corrected chi connectivity index (χ3v) is 3.87. The highest BCUT2D eigenvalue weighted by molar-refractivity contribution is 5.92. The molecule has 3 rings (SSSR count). The second-order valence-corrected chi connectivity index (χ2v) is 5.02. The highest BCUT2D eigenvalue weighted by Crippen LogP contribution is 2.46. The second kappa shape index (κ2) is 3.54. The van der Waals surface area contributed by atoms with Gasteiger partial charge in [0.25, 0.3) is 5.91 Å². The molecule has 1 aliphatic heterocycles. The molecule has 1 saturated heterocycles. The van der Waals surface area contributed by atoms with Crippen molar-refractivity contribution in [2.24, 2.45) is 0 Å². The van der Waals surface area contributed by atoms with E-state index in [2.05, 4.69) is 10.1 Å². The molecule has 1 aliphatic carbocycles. The first-order valence-corrected chi connectivity index (χ1v) is 5.97. The molecule has 1 saturated carbocycles. The molecule has 7 heteroatoms. The normalized spacial score (nSPS) is 28.6. The van der Waals surface area contributed by atoms with Crippen molar-refractivity contribution in [1.29, 1.82) is 0 Å². The van der Waals surface area contributed by atoms with E-state index in [-0.39, 0.29) is 11.9 Å². The van der Waals surface area contributed by atoms with Crippen molar-refractivity contribution in [3.63, 3.8) is 0 Å². The van der Waals surface area contributed by atoms with E-state index in [0.717, 1.165) is 0 Å². The van der Waals surface area contributed by atoms with E-state index in [1.807, 2.05) is 6.92 Å². The molecule has 1 N–H and O–H groups in total. The van der Waals surface area contributed by atoms with Gasteiger partial charge in [-0.15, -0.1) is 0 Å². The number of carboxylic acids is 1. The van der Waals surface area contributed by atoms with Gasteiger partial charge in [0.15, 0.2) is 0 Å². The van der Waals surface area contributed by atoms with Crippen LogP contribution in [0.5, 0.6) is 0 Å². The first kappa shape index (κ1) is 11.2. The van der Waals surface area contributed by atoms with Gasteiger partial charge in [-0.25, -0.2) is 14.5 Å². The summed E-state index contributed by atoms with van der Waals surface area (Å²) in [6.07, 6.45) is 4.83. The van der Waals surface area contributed by atoms with Crippen molar-refractivity contribution in [3.8, 4) is 0 Å². The maximum atomic E-state index is 12.5. The predicted molar refractivity (Wildman–Crippen MR) is 59.6 cm³/mol. The lowest BCUT2D eigenvalue weighted by molar-refractivity contribution is -0.165. The Morgan fingerprint density at radius 2 is 2.17 bits per heavy atom. The number of aliphatic carboxylic acids is 1. The van der Waals surface area contributed by atoms with Gasteiger partial charge < -0.3 is 10.0 Å². The molecule has 2 fully saturated rings. The number of carboxylic acid groups (broad SMARTS) is 1. The molecular weight excluding hydrogens is 236 g/mol. The van der Waals surface area contributed by atoms with E-state index >= 15 is 0 Å². The molecule has 0 bridgehead atoms. The molecule has 2 unspecified atom stereocenters. The molecule has 2 aliphatic rings. The monoisotopic (exact) mass is 250 g/mol. The molecule has 2 atom stereocenters. The van der Waals surface area contributed by atoms with Gasteiger partial charge in [-0.2, -0.15) is 5.10 Å². The highest BCUT2D eigenvalue weighted by atomic mass is 16.4. The summed E-state index contributed by atoms with van der Waals surface area (Å²) >= 11 is 0. The van der Waals surface area contributed by atoms with Crippen molar-refractivity contribution in [3.05, 3.63) is 12.7 Å². The molecule has 96 valence electrons. The molecule has 0 radical (unpaired) electrons. The summed E-state index contributed by atoms with van der Waals surface area (Å²) in [5.41, 5.74) is -0.682. The van der Waals surface area contributed by atoms with Crippen LogP contribution in [0.4, 0.5) is 0 Å². The summed E-state index contributed by atoms with van der Waals surface area (Å²) in [6.45, 7) is 1.87. The van der Waals surface area contributed by atoms with Gasteiger partial charge in [-0.3, -0.25) is 4.79 Å². The van der Waals surface area contributed by atoms with Crippen molar-refractivity contribution in [2.45, 2.75) is 43.8 Å². The maximum absolute atomic E-state index is 12.5. The Balaban J connectivity index is 1.85. The second-order valence-electron chi connectivity index (χ2n) is 5.02. The zero-order valence-electron chi connectivity index (χ0n) is 9.98. The lowest BCUT2D eigenvalue weighted by Gasteiger charge is -2.46. The van der Waals surface area contributed by atoms with E-state index in [1.54, 1.807) is 4.68 Å². The van der Waals surface area contributed by atoms with Gasteiger partial charge in [0, 0.05) is 6.04 Å². The Bertz CT molecular complexity index is 494. The Morgan fingerprint density at radius 1 is 1.44 bits per heavy atom. The SMILES string of the molecule is CC1CC(C(=O)O)N1C(=O)C1(n2cncn2)CC1. The minimum absolute atomic E-state index is 0.0143. The van der Waals surface area contributed by atoms with Gasteiger partial charge in [0.1, 0.15) is 24.2 Å². The Kier molecular flexibility index (Phi) is 2.20. The smallest absolute Gasteiger partial charge is 0.326 e. The minimum atomic E-state index is -0.934. The largest absolute Gasteiger partial charge is 0.480 e. The third kappa shape index (κ3) is 1.36. The maximum Gasteiger partial charge on any atom is 0.326 e. The van der Waals surface area contributed by atoms with Crippen molar-refractivity contribution in [1.82, 2.24) is 19.7 Å². The lowest BCUT2D eigenvalue weighted by atomic mass is 9.92. The van der Waals surface area contributed by atoms with Crippen LogP contribution in [-0.4, -0.2) is 48.7 Å². The van der Waals surface area contributed by atoms with Crippen molar-refractivity contribution >= 4 is 11.9 Å². The Labute approximate surface area is 103 Å². The predicted octanol–water partition coefficient (Wildman–Crippen LogP) is -0.159. The fourth-order valence-corrected chi connectivity index (χ4v) is 2.61. The van der Waals surface area contributed by atoms with Gasteiger partial charge in [-0.05, 0) is 26.2 Å². The van der Waals surface area contributed by atoms with Crippen LogP contribution in [0, 0.1) is 0 Å². The van der Waals surface area contributed by atoms with E-state index < -0.39 is 17.6 Å². The van der Waals surface area contributed by atoms with Crippen LogP contribution < -0.4 is 0 Å². The fraction of sp³-hybridized carbons (Fsp3) is 0.636. The molecule has 7 nitrogen and oxygen atoms in total. The molecule has 2 heterocycles. The van der Waals surface area contributed by atoms with Crippen molar-refractivity contribution in [2.75, 3.05) is 0 Å². The van der Waals surface area contributed by atoms with E-state index in [0.29, 0.717) is 19.3 Å². The van der Waals surface area contributed by atoms with Gasteiger partial charge >= 0.3 is 5.97 Å². The number of hydrogen-bond donors (Lipinski definition) is 1. The topological polar surface area (TPSA) is 88.3 Å². The number of carbonyl (C=O) groups excluding carboxylic acids is 1. The average Bonchev–Trinajstić information content (AvgIpc) is 2.94. The fourth-order valence-electron chi connectivity index (χ4n) is 2.61. The van der Waals surface area contributed by atoms with Crippen LogP contribution in [0.25, 0.3) is 0 Å². The van der Waals surface area contributed by atoms with Crippen LogP contribution in [0.1, 0.15) is 26.2 Å². The standard InChI is InChI=1S/C11H14N4O3/c1-7-4-8(9(16)17)15(7)10(18)11(2-3-11)14-6-12-5-13-14/h5-8H,2-4H2,1H3,(H,16,17). The van der Waals surface area contributed by atoms with Crippen LogP contribution >= 0.6 is 0 Å². The molecule has 1 aromatic heterocycles. The van der Waals surface area contributed by atoms with Crippen LogP contribution in [-0.2, 0) is 15.1 Å². The van der Waals surface area contributed by atoms with Gasteiger partial charge in [0.05, 0.1) is 0 Å². The molecular formula is C11H14N4O3. The lowest BCUT2D eigenvalue weighted by Crippen LogP contribution is -2.63. The number of aromatic nitrogens is 3. The molecule has 0 aromatic carbocycles. The van der Waals surface area contributed by atoms with Crippen LogP contribution in [0.3, 0.4) is 0 Å². The molecule has 0 spiro atoms. The third-order valence-electron chi connectivity index (χ3n) is 3.87.